The van der Waals surface area contributed by atoms with E-state index in [2.05, 4.69) is 12.0 Å². The molecule has 0 rings (SSSR count). The molecule has 2 unspecified atom stereocenters. The number of carbonyl (C=O) groups excluding carboxylic acids is 1. The first-order valence-corrected chi connectivity index (χ1v) is 6.78. The first-order chi connectivity index (χ1) is 8.45. The Balaban J connectivity index is 3.88. The second-order valence-electron chi connectivity index (χ2n) is 4.77. The summed E-state index contributed by atoms with van der Waals surface area (Å²) >= 11 is 0. The van der Waals surface area contributed by atoms with Gasteiger partial charge in [0.25, 0.3) is 0 Å². The van der Waals surface area contributed by atoms with Gasteiger partial charge in [-0.2, -0.15) is 0 Å². The predicted octanol–water partition coefficient (Wildman–Crippen LogP) is 3.26. The smallest absolute Gasteiger partial charge is 0.303 e. The van der Waals surface area contributed by atoms with E-state index in [1.807, 2.05) is 6.92 Å². The number of ether oxygens (including phenoxy) is 1. The first kappa shape index (κ1) is 16.9. The van der Waals surface area contributed by atoms with E-state index in [-0.39, 0.29) is 18.6 Å². The molecule has 0 aromatic heterocycles. The molecule has 106 valence electrons. The van der Waals surface area contributed by atoms with E-state index in [1.54, 1.807) is 6.92 Å². The lowest BCUT2D eigenvalue weighted by atomic mass is 10.1. The summed E-state index contributed by atoms with van der Waals surface area (Å²) in [6, 6.07) is 0.0314. The van der Waals surface area contributed by atoms with Crippen molar-refractivity contribution in [3.63, 3.8) is 0 Å². The van der Waals surface area contributed by atoms with E-state index in [0.29, 0.717) is 4.86 Å². The van der Waals surface area contributed by atoms with Gasteiger partial charge in [0.15, 0.2) is 6.10 Å². The van der Waals surface area contributed by atoms with E-state index in [4.69, 9.17) is 4.74 Å². The minimum Gasteiger partial charge on any atom is -0.600 e. The third kappa shape index (κ3) is 10.1. The number of hydrogen-bond donors (Lipinski definition) is 0. The summed E-state index contributed by atoms with van der Waals surface area (Å²) < 4.78 is 4.87. The summed E-state index contributed by atoms with van der Waals surface area (Å²) in [5.41, 5.74) is 0. The fourth-order valence-electron chi connectivity index (χ4n) is 1.73. The summed E-state index contributed by atoms with van der Waals surface area (Å²) in [5.74, 6) is -0.372. The average Bonchev–Trinajstić information content (AvgIpc) is 2.22. The zero-order valence-corrected chi connectivity index (χ0v) is 12.0. The lowest BCUT2D eigenvalue weighted by Gasteiger charge is -2.11. The molecule has 0 bridgehead atoms. The summed E-state index contributed by atoms with van der Waals surface area (Å²) in [5, 5.41) is 15.5. The van der Waals surface area contributed by atoms with Gasteiger partial charge in [-0.25, -0.2) is 0 Å². The summed E-state index contributed by atoms with van der Waals surface area (Å²) in [6.07, 6.45) is 5.25. The molecule has 0 spiro atoms. The van der Waals surface area contributed by atoms with Crippen LogP contribution in [0, 0.1) is 5.21 Å². The Labute approximate surface area is 110 Å². The summed E-state index contributed by atoms with van der Waals surface area (Å²) in [4.78, 5) is 11.3. The minimum atomic E-state index is -0.420. The second kappa shape index (κ2) is 9.85. The third-order valence-corrected chi connectivity index (χ3v) is 2.58. The molecular formula is C13H26N2O3. The molecule has 0 radical (unpaired) electrons. The van der Waals surface area contributed by atoms with Gasteiger partial charge in [-0.15, -0.1) is 0 Å². The topological polar surface area (TPSA) is 64.7 Å². The molecule has 0 amide bonds. The van der Waals surface area contributed by atoms with Gasteiger partial charge in [0.1, 0.15) is 6.04 Å². The molecule has 0 aromatic rings. The summed E-state index contributed by atoms with van der Waals surface area (Å²) in [6.45, 7) is 7.22. The van der Waals surface area contributed by atoms with Crippen LogP contribution < -0.4 is 0 Å². The Morgan fingerprint density at radius 1 is 1.33 bits per heavy atom. The molecular weight excluding hydrogens is 232 g/mol. The first-order valence-electron chi connectivity index (χ1n) is 6.78. The van der Waals surface area contributed by atoms with Gasteiger partial charge in [-0.3, -0.25) is 4.79 Å². The van der Waals surface area contributed by atoms with Crippen molar-refractivity contribution in [2.24, 2.45) is 5.11 Å². The second-order valence-corrected chi connectivity index (χ2v) is 4.77. The van der Waals surface area contributed by atoms with Crippen LogP contribution in [0.4, 0.5) is 0 Å². The Kier molecular flexibility index (Phi) is 9.24. The molecule has 0 aliphatic rings. The van der Waals surface area contributed by atoms with Crippen LogP contribution in [0.3, 0.4) is 0 Å². The number of hydrogen-bond acceptors (Lipinski definition) is 4. The molecule has 0 aliphatic heterocycles. The summed E-state index contributed by atoms with van der Waals surface area (Å²) in [7, 11) is 0. The number of azo groups is 1. The number of nitrogens with zero attached hydrogens (tertiary/aromatic N) is 2. The monoisotopic (exact) mass is 258 g/mol. The number of rotatable bonds is 9. The largest absolute Gasteiger partial charge is 0.600 e. The van der Waals surface area contributed by atoms with Crippen molar-refractivity contribution in [1.82, 2.24) is 0 Å². The highest BCUT2D eigenvalue weighted by atomic mass is 16.6. The lowest BCUT2D eigenvalue weighted by Crippen LogP contribution is -2.23. The van der Waals surface area contributed by atoms with E-state index in [0.717, 1.165) is 12.8 Å². The molecule has 0 N–H and O–H groups in total. The van der Waals surface area contributed by atoms with Crippen molar-refractivity contribution in [1.29, 1.82) is 0 Å². The van der Waals surface area contributed by atoms with Gasteiger partial charge in [0.05, 0.1) is 0 Å². The third-order valence-electron chi connectivity index (χ3n) is 2.58. The Morgan fingerprint density at radius 3 is 2.56 bits per heavy atom. The van der Waals surface area contributed by atoms with E-state index < -0.39 is 6.10 Å². The quantitative estimate of drug-likeness (QED) is 0.210. The van der Waals surface area contributed by atoms with Crippen LogP contribution in [-0.4, -0.2) is 29.5 Å². The number of carbonyl (C=O) groups is 1. The maximum Gasteiger partial charge on any atom is 0.303 e. The molecule has 2 atom stereocenters. The van der Waals surface area contributed by atoms with Gasteiger partial charge >= 0.3 is 5.97 Å². The fraction of sp³-hybridized carbons (Fsp3) is 0.923. The van der Waals surface area contributed by atoms with Crippen molar-refractivity contribution in [2.75, 3.05) is 6.54 Å². The molecule has 0 saturated carbocycles. The van der Waals surface area contributed by atoms with E-state index in [9.17, 15) is 10.0 Å². The van der Waals surface area contributed by atoms with Crippen molar-refractivity contribution >= 4 is 5.97 Å². The molecule has 0 saturated heterocycles. The Hall–Kier alpha value is -1.13. The molecule has 18 heavy (non-hydrogen) atoms. The van der Waals surface area contributed by atoms with Gasteiger partial charge < -0.3 is 9.94 Å². The van der Waals surface area contributed by atoms with Gasteiger partial charge in [0, 0.05) is 6.92 Å². The van der Waals surface area contributed by atoms with Gasteiger partial charge in [0.2, 0.25) is 6.54 Å². The normalized spacial score (nSPS) is 15.2. The zero-order chi connectivity index (χ0) is 14.0. The Morgan fingerprint density at radius 2 is 2.00 bits per heavy atom. The molecule has 0 fully saturated rings. The number of hydroxylamine groups is 1. The Bertz CT molecular complexity index is 267. The minimum absolute atomic E-state index is 0.0314. The van der Waals surface area contributed by atoms with Gasteiger partial charge in [-0.05, 0) is 25.4 Å². The maximum absolute atomic E-state index is 11.5. The zero-order valence-electron chi connectivity index (χ0n) is 12.0. The molecule has 0 aromatic carbocycles. The maximum atomic E-state index is 11.5. The SMILES string of the molecule is CCCCCCC(C)N=[N+]([O-])CC(C)OC(C)=O. The van der Waals surface area contributed by atoms with Crippen LogP contribution in [0.2, 0.25) is 0 Å². The predicted molar refractivity (Wildman–Crippen MR) is 70.4 cm³/mol. The highest BCUT2D eigenvalue weighted by molar-refractivity contribution is 5.66. The van der Waals surface area contributed by atoms with Crippen molar-refractivity contribution in [2.45, 2.75) is 71.9 Å². The lowest BCUT2D eigenvalue weighted by molar-refractivity contribution is -0.540. The van der Waals surface area contributed by atoms with Crippen LogP contribution in [0.15, 0.2) is 5.11 Å². The van der Waals surface area contributed by atoms with E-state index in [1.165, 1.54) is 26.2 Å². The van der Waals surface area contributed by atoms with E-state index >= 15 is 0 Å². The van der Waals surface area contributed by atoms with Crippen LogP contribution in [-0.2, 0) is 9.53 Å². The highest BCUT2D eigenvalue weighted by Gasteiger charge is 2.12. The van der Waals surface area contributed by atoms with Crippen molar-refractivity contribution in [3.05, 3.63) is 5.21 Å². The molecule has 0 heterocycles. The van der Waals surface area contributed by atoms with Crippen LogP contribution in [0.1, 0.15) is 59.8 Å². The van der Waals surface area contributed by atoms with Crippen molar-refractivity contribution < 1.29 is 14.4 Å². The standard InChI is InChI=1S/C13H26N2O3/c1-5-6-7-8-9-11(2)14-15(17)10-12(3)18-13(4)16/h11-12H,5-10H2,1-4H3. The molecule has 0 aliphatic carbocycles. The van der Waals surface area contributed by atoms with Crippen LogP contribution in [0.5, 0.6) is 0 Å². The van der Waals surface area contributed by atoms with Crippen LogP contribution >= 0.6 is 0 Å². The van der Waals surface area contributed by atoms with Crippen LogP contribution in [0.25, 0.3) is 0 Å². The average molecular weight is 258 g/mol. The fourth-order valence-corrected chi connectivity index (χ4v) is 1.73. The molecule has 5 heteroatoms. The van der Waals surface area contributed by atoms with Crippen molar-refractivity contribution in [3.8, 4) is 0 Å². The number of esters is 1. The molecule has 5 nitrogen and oxygen atoms in total. The highest BCUT2D eigenvalue weighted by Crippen LogP contribution is 2.08. The van der Waals surface area contributed by atoms with Gasteiger partial charge in [-0.1, -0.05) is 37.5 Å². The number of unbranched alkanes of at least 4 members (excludes halogenated alkanes) is 3.